The Balaban J connectivity index is 1.94. The second-order valence-electron chi connectivity index (χ2n) is 7.31. The summed E-state index contributed by atoms with van der Waals surface area (Å²) in [5.74, 6) is 0. The van der Waals surface area contributed by atoms with E-state index in [1.807, 2.05) is 12.4 Å². The molecule has 0 radical (unpaired) electrons. The van der Waals surface area contributed by atoms with Crippen molar-refractivity contribution in [3.05, 3.63) is 82.7 Å². The fraction of sp³-hybridized carbons (Fsp3) is 0.167. The van der Waals surface area contributed by atoms with Gasteiger partial charge < -0.3 is 9.97 Å². The minimum absolute atomic E-state index is 0.996. The maximum absolute atomic E-state index is 3.46. The second kappa shape index (κ2) is 5.50. The van der Waals surface area contributed by atoms with Crippen LogP contribution in [0.15, 0.2) is 54.9 Å². The molecule has 2 aromatic heterocycles. The summed E-state index contributed by atoms with van der Waals surface area (Å²) < 4.78 is 0. The number of fused-ring (bicyclic) bond motifs is 3. The fourth-order valence-corrected chi connectivity index (χ4v) is 4.61. The summed E-state index contributed by atoms with van der Waals surface area (Å²) in [6.45, 7) is 6.77. The number of H-pyrrole nitrogens is 2. The van der Waals surface area contributed by atoms with Crippen molar-refractivity contribution in [2.45, 2.75) is 27.2 Å². The van der Waals surface area contributed by atoms with Crippen LogP contribution in [0, 0.1) is 20.8 Å². The fourth-order valence-electron chi connectivity index (χ4n) is 4.61. The van der Waals surface area contributed by atoms with Crippen molar-refractivity contribution in [3.63, 3.8) is 0 Å². The Hall–Kier alpha value is -3.00. The normalized spacial score (nSPS) is 12.3. The maximum Gasteiger partial charge on any atom is 0.0463 e. The molecule has 2 nitrogen and oxygen atoms in total. The average molecular weight is 338 g/mol. The maximum atomic E-state index is 3.46. The minimum Gasteiger partial charge on any atom is -0.361 e. The van der Waals surface area contributed by atoms with Gasteiger partial charge in [0.1, 0.15) is 0 Å². The first-order valence-electron chi connectivity index (χ1n) is 9.19. The van der Waals surface area contributed by atoms with Crippen molar-refractivity contribution < 1.29 is 0 Å². The quantitative estimate of drug-likeness (QED) is 0.385. The van der Waals surface area contributed by atoms with Crippen LogP contribution in [0.25, 0.3) is 33.6 Å². The summed E-state index contributed by atoms with van der Waals surface area (Å²) in [4.78, 5) is 6.89. The van der Waals surface area contributed by atoms with E-state index in [9.17, 15) is 0 Å². The Morgan fingerprint density at radius 2 is 1.31 bits per heavy atom. The number of aromatic amines is 2. The van der Waals surface area contributed by atoms with Gasteiger partial charge in [-0.25, -0.2) is 0 Å². The third kappa shape index (κ3) is 1.99. The zero-order valence-electron chi connectivity index (χ0n) is 15.4. The van der Waals surface area contributed by atoms with Crippen LogP contribution in [-0.4, -0.2) is 9.97 Å². The molecule has 0 unspecified atom stereocenters. The predicted molar refractivity (Wildman–Crippen MR) is 108 cm³/mol. The van der Waals surface area contributed by atoms with Gasteiger partial charge in [0.2, 0.25) is 0 Å². The number of benzene rings is 2. The highest BCUT2D eigenvalue weighted by Crippen LogP contribution is 2.49. The van der Waals surface area contributed by atoms with Crippen LogP contribution in [0.2, 0.25) is 0 Å². The van der Waals surface area contributed by atoms with Crippen molar-refractivity contribution >= 4 is 0 Å². The molecule has 2 aromatic carbocycles. The highest BCUT2D eigenvalue weighted by molar-refractivity contribution is 5.96. The van der Waals surface area contributed by atoms with E-state index in [0.717, 1.165) is 6.42 Å². The summed E-state index contributed by atoms with van der Waals surface area (Å²) in [5, 5.41) is 0. The van der Waals surface area contributed by atoms with Crippen molar-refractivity contribution in [1.82, 2.24) is 9.97 Å². The van der Waals surface area contributed by atoms with Crippen molar-refractivity contribution in [2.75, 3.05) is 0 Å². The molecule has 4 aromatic rings. The van der Waals surface area contributed by atoms with Crippen LogP contribution in [0.3, 0.4) is 0 Å². The number of hydrogen-bond donors (Lipinski definition) is 2. The second-order valence-corrected chi connectivity index (χ2v) is 7.31. The van der Waals surface area contributed by atoms with Crippen LogP contribution in [-0.2, 0) is 6.42 Å². The molecule has 0 atom stereocenters. The van der Waals surface area contributed by atoms with Gasteiger partial charge in [-0.3, -0.25) is 0 Å². The largest absolute Gasteiger partial charge is 0.361 e. The van der Waals surface area contributed by atoms with Gasteiger partial charge in [0, 0.05) is 34.9 Å². The van der Waals surface area contributed by atoms with Crippen LogP contribution in [0.4, 0.5) is 0 Å². The third-order valence-electron chi connectivity index (χ3n) is 5.88. The third-order valence-corrected chi connectivity index (χ3v) is 5.88. The number of aryl methyl sites for hydroxylation is 1. The Bertz CT molecular complexity index is 1110. The molecule has 128 valence electrons. The van der Waals surface area contributed by atoms with E-state index in [2.05, 4.69) is 73.2 Å². The van der Waals surface area contributed by atoms with E-state index in [1.54, 1.807) is 0 Å². The molecule has 0 aliphatic heterocycles. The van der Waals surface area contributed by atoms with Crippen LogP contribution in [0.1, 0.15) is 27.8 Å². The molecular formula is C24H22N2. The highest BCUT2D eigenvalue weighted by Gasteiger charge is 2.29. The van der Waals surface area contributed by atoms with Crippen molar-refractivity contribution in [2.24, 2.45) is 0 Å². The van der Waals surface area contributed by atoms with Gasteiger partial charge >= 0.3 is 0 Å². The zero-order chi connectivity index (χ0) is 17.8. The van der Waals surface area contributed by atoms with Crippen LogP contribution < -0.4 is 0 Å². The lowest BCUT2D eigenvalue weighted by molar-refractivity contribution is 1.22. The lowest BCUT2D eigenvalue weighted by Crippen LogP contribution is -2.00. The van der Waals surface area contributed by atoms with E-state index < -0.39 is 0 Å². The van der Waals surface area contributed by atoms with Crippen molar-refractivity contribution in [1.29, 1.82) is 0 Å². The average Bonchev–Trinajstić information content (AvgIpc) is 3.37. The van der Waals surface area contributed by atoms with E-state index in [1.165, 1.54) is 61.5 Å². The summed E-state index contributed by atoms with van der Waals surface area (Å²) in [6.07, 6.45) is 5.02. The van der Waals surface area contributed by atoms with E-state index in [4.69, 9.17) is 0 Å². The Labute approximate surface area is 153 Å². The van der Waals surface area contributed by atoms with Gasteiger partial charge in [0.15, 0.2) is 0 Å². The van der Waals surface area contributed by atoms with Gasteiger partial charge in [-0.05, 0) is 90.4 Å². The number of nitrogens with one attached hydrogen (secondary N) is 2. The van der Waals surface area contributed by atoms with Crippen molar-refractivity contribution in [3.8, 4) is 33.6 Å². The molecule has 2 heterocycles. The van der Waals surface area contributed by atoms with Crippen LogP contribution >= 0.6 is 0 Å². The summed E-state index contributed by atoms with van der Waals surface area (Å²) in [6, 6.07) is 15.2. The van der Waals surface area contributed by atoms with Gasteiger partial charge in [0.05, 0.1) is 0 Å². The van der Waals surface area contributed by atoms with E-state index >= 15 is 0 Å². The molecule has 2 N–H and O–H groups in total. The molecule has 0 saturated carbocycles. The molecule has 0 spiro atoms. The van der Waals surface area contributed by atoms with Gasteiger partial charge in [-0.2, -0.15) is 0 Å². The standard InChI is InChI=1S/C24H22N2/c1-14-7-4-8-17-13-18-22(21(14)17)15(2)16(3)23(19-9-5-11-25-19)24(18)20-10-6-12-26-20/h4-12,25-26H,13H2,1-3H3. The predicted octanol–water partition coefficient (Wildman–Crippen LogP) is 6.17. The van der Waals surface area contributed by atoms with Gasteiger partial charge in [-0.1, -0.05) is 18.2 Å². The summed E-state index contributed by atoms with van der Waals surface area (Å²) >= 11 is 0. The first-order valence-corrected chi connectivity index (χ1v) is 9.19. The molecule has 5 rings (SSSR count). The zero-order valence-corrected chi connectivity index (χ0v) is 15.4. The van der Waals surface area contributed by atoms with E-state index in [0.29, 0.717) is 0 Å². The monoisotopic (exact) mass is 338 g/mol. The summed E-state index contributed by atoms with van der Waals surface area (Å²) in [5.41, 5.74) is 14.9. The Kier molecular flexibility index (Phi) is 3.23. The first kappa shape index (κ1) is 15.3. The smallest absolute Gasteiger partial charge is 0.0463 e. The number of aromatic nitrogens is 2. The lowest BCUT2D eigenvalue weighted by Gasteiger charge is -2.20. The molecule has 0 amide bonds. The number of hydrogen-bond acceptors (Lipinski definition) is 0. The summed E-state index contributed by atoms with van der Waals surface area (Å²) in [7, 11) is 0. The van der Waals surface area contributed by atoms with Crippen LogP contribution in [0.5, 0.6) is 0 Å². The topological polar surface area (TPSA) is 31.6 Å². The van der Waals surface area contributed by atoms with E-state index in [-0.39, 0.29) is 0 Å². The van der Waals surface area contributed by atoms with Gasteiger partial charge in [0.25, 0.3) is 0 Å². The molecule has 1 aliphatic carbocycles. The molecule has 0 bridgehead atoms. The van der Waals surface area contributed by atoms with Gasteiger partial charge in [-0.15, -0.1) is 0 Å². The SMILES string of the molecule is Cc1cccc2c1-c1c(C)c(C)c(-c3ccc[nH]3)c(-c3ccc[nH]3)c1C2. The Morgan fingerprint density at radius 3 is 1.96 bits per heavy atom. The lowest BCUT2D eigenvalue weighted by atomic mass is 9.84. The molecule has 1 aliphatic rings. The Morgan fingerprint density at radius 1 is 0.654 bits per heavy atom. The molecular weight excluding hydrogens is 316 g/mol. The molecule has 2 heteroatoms. The first-order chi connectivity index (χ1) is 12.7. The highest BCUT2D eigenvalue weighted by atomic mass is 14.7. The molecule has 0 fully saturated rings. The minimum atomic E-state index is 0.996. The molecule has 0 saturated heterocycles. The number of rotatable bonds is 2. The molecule has 26 heavy (non-hydrogen) atoms.